The van der Waals surface area contributed by atoms with Crippen LogP contribution in [-0.2, 0) is 14.4 Å². The van der Waals surface area contributed by atoms with Gasteiger partial charge < -0.3 is 21.3 Å². The van der Waals surface area contributed by atoms with Crippen molar-refractivity contribution >= 4 is 17.8 Å². The van der Waals surface area contributed by atoms with Gasteiger partial charge in [-0.25, -0.2) is 4.79 Å². The van der Waals surface area contributed by atoms with Gasteiger partial charge in [-0.05, 0) is 25.8 Å². The van der Waals surface area contributed by atoms with Crippen molar-refractivity contribution < 1.29 is 24.6 Å². The van der Waals surface area contributed by atoms with Crippen molar-refractivity contribution in [3.63, 3.8) is 0 Å². The molecule has 0 rings (SSSR count). The largest absolute Gasteiger partial charge is 0.481 e. The van der Waals surface area contributed by atoms with Crippen LogP contribution in [0.3, 0.4) is 0 Å². The van der Waals surface area contributed by atoms with Gasteiger partial charge in [0.2, 0.25) is 5.91 Å². The number of unbranched alkanes of at least 4 members (excludes halogenated alkanes) is 23. The van der Waals surface area contributed by atoms with Gasteiger partial charge in [-0.3, -0.25) is 9.59 Å². The number of carbonyl (C=O) groups is 3. The van der Waals surface area contributed by atoms with Crippen molar-refractivity contribution in [1.29, 1.82) is 0 Å². The molecule has 0 radical (unpaired) electrons. The Bertz CT molecular complexity index is 584. The van der Waals surface area contributed by atoms with Crippen LogP contribution in [-0.4, -0.2) is 40.6 Å². The smallest absolute Gasteiger partial charge is 0.326 e. The number of amides is 1. The number of nitrogens with one attached hydrogen (secondary N) is 1. The molecule has 42 heavy (non-hydrogen) atoms. The molecule has 1 atom stereocenters. The van der Waals surface area contributed by atoms with Crippen LogP contribution in [0.25, 0.3) is 0 Å². The minimum Gasteiger partial charge on any atom is -0.481 e. The SMILES string of the molecule is CCCCCCCCCCCC(=O)N[C@@H](CCC(=O)O)C(=O)O.CCCCCCCCCCCCCCCCCCN. The molecule has 1 amide bonds. The Morgan fingerprint density at radius 2 is 0.857 bits per heavy atom. The zero-order chi connectivity index (χ0) is 31.5. The molecule has 7 heteroatoms. The fourth-order valence-electron chi connectivity index (χ4n) is 5.08. The third kappa shape index (κ3) is 36.4. The number of hydrogen-bond donors (Lipinski definition) is 4. The lowest BCUT2D eigenvalue weighted by Crippen LogP contribution is -2.41. The second-order valence-corrected chi connectivity index (χ2v) is 12.1. The summed E-state index contributed by atoms with van der Waals surface area (Å²) in [5.41, 5.74) is 5.48. The summed E-state index contributed by atoms with van der Waals surface area (Å²) >= 11 is 0. The molecule has 0 aromatic rings. The van der Waals surface area contributed by atoms with Crippen LogP contribution in [0.5, 0.6) is 0 Å². The Hall–Kier alpha value is -1.63. The lowest BCUT2D eigenvalue weighted by Gasteiger charge is -2.13. The molecule has 0 saturated heterocycles. The first-order valence-electron chi connectivity index (χ1n) is 17.8. The minimum absolute atomic E-state index is 0.0891. The monoisotopic (exact) mass is 599 g/mol. The van der Waals surface area contributed by atoms with Crippen molar-refractivity contribution in [2.75, 3.05) is 6.54 Å². The van der Waals surface area contributed by atoms with Crippen molar-refractivity contribution in [2.45, 2.75) is 200 Å². The lowest BCUT2D eigenvalue weighted by molar-refractivity contribution is -0.143. The predicted octanol–water partition coefficient (Wildman–Crippen LogP) is 9.55. The van der Waals surface area contributed by atoms with E-state index >= 15 is 0 Å². The van der Waals surface area contributed by atoms with E-state index in [0.717, 1.165) is 25.8 Å². The molecule has 0 aliphatic heterocycles. The molecule has 5 N–H and O–H groups in total. The second-order valence-electron chi connectivity index (χ2n) is 12.1. The summed E-state index contributed by atoms with van der Waals surface area (Å²) in [7, 11) is 0. The van der Waals surface area contributed by atoms with Crippen molar-refractivity contribution in [1.82, 2.24) is 5.32 Å². The molecule has 0 aromatic carbocycles. The van der Waals surface area contributed by atoms with Crippen LogP contribution in [0.4, 0.5) is 0 Å². The van der Waals surface area contributed by atoms with Crippen LogP contribution in [0.15, 0.2) is 0 Å². The molecule has 0 aliphatic rings. The molecule has 0 unspecified atom stereocenters. The van der Waals surface area contributed by atoms with Gasteiger partial charge in [0.25, 0.3) is 0 Å². The van der Waals surface area contributed by atoms with Crippen molar-refractivity contribution in [3.05, 3.63) is 0 Å². The maximum Gasteiger partial charge on any atom is 0.326 e. The van der Waals surface area contributed by atoms with E-state index in [2.05, 4.69) is 19.2 Å². The summed E-state index contributed by atoms with van der Waals surface area (Å²) in [6.45, 7) is 5.36. The number of nitrogens with two attached hydrogens (primary N) is 1. The van der Waals surface area contributed by atoms with E-state index in [1.807, 2.05) is 0 Å². The summed E-state index contributed by atoms with van der Waals surface area (Å²) in [5.74, 6) is -2.57. The van der Waals surface area contributed by atoms with Gasteiger partial charge >= 0.3 is 11.9 Å². The Morgan fingerprint density at radius 1 is 0.524 bits per heavy atom. The lowest BCUT2D eigenvalue weighted by atomic mass is 10.0. The standard InChI is InChI=1S/C18H39N.C17H31NO5/c1-2-3-4-5-6-7-8-9-10-11-12-13-14-15-16-17-18-19;1-2-3-4-5-6-7-8-9-10-11-15(19)18-14(17(22)23)12-13-16(20)21/h2-19H2,1H3;14H,2-13H2,1H3,(H,18,19)(H,20,21)(H,22,23)/t;14-/m.0/s1. The van der Waals surface area contributed by atoms with E-state index in [0.29, 0.717) is 6.42 Å². The number of carboxylic acid groups (broad SMARTS) is 2. The first-order chi connectivity index (χ1) is 20.4. The summed E-state index contributed by atoms with van der Waals surface area (Å²) in [4.78, 5) is 33.1. The zero-order valence-corrected chi connectivity index (χ0v) is 27.8. The maximum atomic E-state index is 11.7. The summed E-state index contributed by atoms with van der Waals surface area (Å²) < 4.78 is 0. The van der Waals surface area contributed by atoms with E-state index in [1.165, 1.54) is 141 Å². The molecule has 7 nitrogen and oxygen atoms in total. The fraction of sp³-hybridized carbons (Fsp3) is 0.914. The van der Waals surface area contributed by atoms with E-state index in [-0.39, 0.29) is 18.7 Å². The van der Waals surface area contributed by atoms with E-state index in [9.17, 15) is 14.4 Å². The van der Waals surface area contributed by atoms with Gasteiger partial charge in [0, 0.05) is 12.8 Å². The molecular formula is C35H70N2O5. The quantitative estimate of drug-likeness (QED) is 0.0588. The number of carbonyl (C=O) groups excluding carboxylic acids is 1. The van der Waals surface area contributed by atoms with E-state index in [4.69, 9.17) is 15.9 Å². The first-order valence-corrected chi connectivity index (χ1v) is 17.8. The van der Waals surface area contributed by atoms with Gasteiger partial charge in [-0.2, -0.15) is 0 Å². The molecule has 0 aliphatic carbocycles. The third-order valence-corrected chi connectivity index (χ3v) is 7.85. The molecule has 250 valence electrons. The average molecular weight is 599 g/mol. The molecule has 0 aromatic heterocycles. The van der Waals surface area contributed by atoms with Crippen LogP contribution in [0.1, 0.15) is 194 Å². The van der Waals surface area contributed by atoms with Gasteiger partial charge in [-0.1, -0.05) is 162 Å². The van der Waals surface area contributed by atoms with E-state index < -0.39 is 18.0 Å². The third-order valence-electron chi connectivity index (χ3n) is 7.85. The second kappa shape index (κ2) is 35.6. The highest BCUT2D eigenvalue weighted by Crippen LogP contribution is 2.14. The van der Waals surface area contributed by atoms with Gasteiger partial charge in [-0.15, -0.1) is 0 Å². The molecule has 0 heterocycles. The molecule has 0 fully saturated rings. The topological polar surface area (TPSA) is 130 Å². The predicted molar refractivity (Wildman–Crippen MR) is 177 cm³/mol. The van der Waals surface area contributed by atoms with E-state index in [1.54, 1.807) is 0 Å². The molecule has 0 saturated carbocycles. The Morgan fingerprint density at radius 3 is 1.17 bits per heavy atom. The van der Waals surface area contributed by atoms with Crippen LogP contribution in [0.2, 0.25) is 0 Å². The Kier molecular flexibility index (Phi) is 36.0. The number of hydrogen-bond acceptors (Lipinski definition) is 4. The van der Waals surface area contributed by atoms with Gasteiger partial charge in [0.1, 0.15) is 6.04 Å². The van der Waals surface area contributed by atoms with Gasteiger partial charge in [0.05, 0.1) is 0 Å². The van der Waals surface area contributed by atoms with Crippen LogP contribution in [0, 0.1) is 0 Å². The van der Waals surface area contributed by atoms with Crippen molar-refractivity contribution in [2.24, 2.45) is 5.73 Å². The van der Waals surface area contributed by atoms with Gasteiger partial charge in [0.15, 0.2) is 0 Å². The highest BCUT2D eigenvalue weighted by molar-refractivity contribution is 5.83. The summed E-state index contributed by atoms with van der Waals surface area (Å²) in [6, 6.07) is -1.11. The normalized spacial score (nSPS) is 11.5. The Labute approximate surface area is 259 Å². The maximum absolute atomic E-state index is 11.7. The van der Waals surface area contributed by atoms with Crippen LogP contribution < -0.4 is 11.1 Å². The first kappa shape index (κ1) is 42.5. The minimum atomic E-state index is -1.19. The summed E-state index contributed by atoms with van der Waals surface area (Å²) in [5, 5.41) is 19.9. The molecule has 0 bridgehead atoms. The molecular weight excluding hydrogens is 528 g/mol. The zero-order valence-electron chi connectivity index (χ0n) is 27.8. The van der Waals surface area contributed by atoms with Crippen LogP contribution >= 0.6 is 0 Å². The highest BCUT2D eigenvalue weighted by Gasteiger charge is 2.20. The highest BCUT2D eigenvalue weighted by atomic mass is 16.4. The van der Waals surface area contributed by atoms with Crippen molar-refractivity contribution in [3.8, 4) is 0 Å². The Balaban J connectivity index is 0. The average Bonchev–Trinajstić information content (AvgIpc) is 2.96. The summed E-state index contributed by atoms with van der Waals surface area (Å²) in [6.07, 6.45) is 33.1. The number of aliphatic carboxylic acids is 2. The number of rotatable bonds is 31. The fourth-order valence-corrected chi connectivity index (χ4v) is 5.08. The molecule has 0 spiro atoms. The number of carboxylic acids is 2.